The van der Waals surface area contributed by atoms with Gasteiger partial charge in [-0.3, -0.25) is 9.69 Å². The first kappa shape index (κ1) is 16.8. The van der Waals surface area contributed by atoms with Crippen LogP contribution in [0.1, 0.15) is 52.4 Å². The highest BCUT2D eigenvalue weighted by molar-refractivity contribution is 5.78. The maximum absolute atomic E-state index is 12.6. The van der Waals surface area contributed by atoms with Gasteiger partial charge in [0.1, 0.15) is 0 Å². The van der Waals surface area contributed by atoms with Gasteiger partial charge in [-0.1, -0.05) is 26.7 Å². The molecule has 0 aromatic rings. The van der Waals surface area contributed by atoms with E-state index >= 15 is 0 Å². The van der Waals surface area contributed by atoms with E-state index in [9.17, 15) is 9.90 Å². The van der Waals surface area contributed by atoms with Crippen LogP contribution < -0.4 is 0 Å². The van der Waals surface area contributed by atoms with Gasteiger partial charge in [0.05, 0.1) is 6.54 Å². The standard InChI is InChI=1S/C17H32N2O2/c1-14-7-4-5-8-15(14)18(3)16(21)11-19-10-6-9-17(2,12-19)13-20/h14-15,20H,4-13H2,1-3H3. The van der Waals surface area contributed by atoms with Gasteiger partial charge in [-0.25, -0.2) is 0 Å². The number of hydrogen-bond acceptors (Lipinski definition) is 3. The molecule has 21 heavy (non-hydrogen) atoms. The lowest BCUT2D eigenvalue weighted by Crippen LogP contribution is -2.50. The van der Waals surface area contributed by atoms with Gasteiger partial charge in [0.2, 0.25) is 5.91 Å². The second-order valence-corrected chi connectivity index (χ2v) is 7.62. The van der Waals surface area contributed by atoms with E-state index in [1.54, 1.807) is 0 Å². The summed E-state index contributed by atoms with van der Waals surface area (Å²) in [4.78, 5) is 16.8. The van der Waals surface area contributed by atoms with E-state index in [1.165, 1.54) is 19.3 Å². The van der Waals surface area contributed by atoms with E-state index in [-0.39, 0.29) is 17.9 Å². The Balaban J connectivity index is 1.88. The molecule has 1 N–H and O–H groups in total. The lowest BCUT2D eigenvalue weighted by molar-refractivity contribution is -0.135. The van der Waals surface area contributed by atoms with Crippen molar-refractivity contribution in [3.63, 3.8) is 0 Å². The third kappa shape index (κ3) is 4.19. The summed E-state index contributed by atoms with van der Waals surface area (Å²) in [6.45, 7) is 6.94. The molecule has 1 saturated heterocycles. The molecule has 4 heteroatoms. The minimum atomic E-state index is -0.0325. The second kappa shape index (κ2) is 7.10. The fourth-order valence-corrected chi connectivity index (χ4v) is 4.05. The molecule has 0 aromatic heterocycles. The van der Waals surface area contributed by atoms with Crippen LogP contribution in [0.25, 0.3) is 0 Å². The normalized spacial score (nSPS) is 34.7. The molecule has 0 spiro atoms. The van der Waals surface area contributed by atoms with Gasteiger partial charge in [0.25, 0.3) is 0 Å². The van der Waals surface area contributed by atoms with Gasteiger partial charge in [0, 0.05) is 31.7 Å². The molecular formula is C17H32N2O2. The van der Waals surface area contributed by atoms with Crippen molar-refractivity contribution in [3.05, 3.63) is 0 Å². The van der Waals surface area contributed by atoms with Crippen LogP contribution in [0.5, 0.6) is 0 Å². The van der Waals surface area contributed by atoms with Crippen LogP contribution in [0.3, 0.4) is 0 Å². The molecule has 1 aliphatic carbocycles. The smallest absolute Gasteiger partial charge is 0.236 e. The highest BCUT2D eigenvalue weighted by Gasteiger charge is 2.33. The Kier molecular flexibility index (Phi) is 5.67. The lowest BCUT2D eigenvalue weighted by Gasteiger charge is -2.41. The maximum atomic E-state index is 12.6. The maximum Gasteiger partial charge on any atom is 0.236 e. The Bertz CT molecular complexity index is 361. The summed E-state index contributed by atoms with van der Waals surface area (Å²) in [5, 5.41) is 9.53. The summed E-state index contributed by atoms with van der Waals surface area (Å²) in [5.74, 6) is 0.868. The van der Waals surface area contributed by atoms with E-state index in [0.717, 1.165) is 32.4 Å². The van der Waals surface area contributed by atoms with E-state index in [0.29, 0.717) is 18.5 Å². The minimum absolute atomic E-state index is 0.0325. The van der Waals surface area contributed by atoms with E-state index in [4.69, 9.17) is 0 Å². The van der Waals surface area contributed by atoms with Gasteiger partial charge in [-0.05, 0) is 38.1 Å². The predicted molar refractivity (Wildman–Crippen MR) is 85.1 cm³/mol. The number of aliphatic hydroxyl groups excluding tert-OH is 1. The summed E-state index contributed by atoms with van der Waals surface area (Å²) < 4.78 is 0. The van der Waals surface area contributed by atoms with E-state index in [1.807, 2.05) is 11.9 Å². The molecule has 3 atom stereocenters. The van der Waals surface area contributed by atoms with E-state index in [2.05, 4.69) is 18.7 Å². The number of nitrogens with zero attached hydrogens (tertiary/aromatic N) is 2. The fraction of sp³-hybridized carbons (Fsp3) is 0.941. The summed E-state index contributed by atoms with van der Waals surface area (Å²) >= 11 is 0. The van der Waals surface area contributed by atoms with Crippen LogP contribution in [0.15, 0.2) is 0 Å². The number of likely N-dealkylation sites (N-methyl/N-ethyl adjacent to an activating group) is 1. The number of rotatable bonds is 4. The Morgan fingerprint density at radius 3 is 2.71 bits per heavy atom. The second-order valence-electron chi connectivity index (χ2n) is 7.62. The number of piperidine rings is 1. The number of amides is 1. The average Bonchev–Trinajstić information content (AvgIpc) is 2.47. The molecule has 122 valence electrons. The van der Waals surface area contributed by atoms with Crippen molar-refractivity contribution in [2.45, 2.75) is 58.4 Å². The SMILES string of the molecule is CC1CCCCC1N(C)C(=O)CN1CCCC(C)(CO)C1. The first-order valence-electron chi connectivity index (χ1n) is 8.54. The fourth-order valence-electron chi connectivity index (χ4n) is 4.05. The molecule has 3 unspecified atom stereocenters. The molecule has 2 fully saturated rings. The first-order chi connectivity index (χ1) is 9.95. The molecule has 2 rings (SSSR count). The van der Waals surface area contributed by atoms with Crippen molar-refractivity contribution >= 4 is 5.91 Å². The molecule has 0 bridgehead atoms. The van der Waals surface area contributed by atoms with Crippen molar-refractivity contribution in [1.29, 1.82) is 0 Å². The van der Waals surface area contributed by atoms with Crippen LogP contribution in [0.2, 0.25) is 0 Å². The minimum Gasteiger partial charge on any atom is -0.396 e. The third-order valence-corrected chi connectivity index (χ3v) is 5.56. The van der Waals surface area contributed by atoms with Crippen molar-refractivity contribution in [2.24, 2.45) is 11.3 Å². The van der Waals surface area contributed by atoms with Gasteiger partial charge >= 0.3 is 0 Å². The number of carbonyl (C=O) groups is 1. The summed E-state index contributed by atoms with van der Waals surface area (Å²) in [6.07, 6.45) is 7.09. The zero-order valence-corrected chi connectivity index (χ0v) is 14.0. The topological polar surface area (TPSA) is 43.8 Å². The van der Waals surface area contributed by atoms with Crippen molar-refractivity contribution in [3.8, 4) is 0 Å². The number of likely N-dealkylation sites (tertiary alicyclic amines) is 1. The lowest BCUT2D eigenvalue weighted by atomic mass is 9.82. The molecule has 0 radical (unpaired) electrons. The van der Waals surface area contributed by atoms with Crippen molar-refractivity contribution < 1.29 is 9.90 Å². The summed E-state index contributed by atoms with van der Waals surface area (Å²) in [7, 11) is 1.98. The molecule has 2 aliphatic rings. The van der Waals surface area contributed by atoms with Gasteiger partial charge < -0.3 is 10.0 Å². The number of carbonyl (C=O) groups excluding carboxylic acids is 1. The molecule has 1 saturated carbocycles. The van der Waals surface area contributed by atoms with Crippen LogP contribution in [0.4, 0.5) is 0 Å². The van der Waals surface area contributed by atoms with E-state index < -0.39 is 0 Å². The third-order valence-electron chi connectivity index (χ3n) is 5.56. The molecule has 1 amide bonds. The van der Waals surface area contributed by atoms with Gasteiger partial charge in [-0.15, -0.1) is 0 Å². The largest absolute Gasteiger partial charge is 0.396 e. The van der Waals surface area contributed by atoms with Crippen LogP contribution in [-0.4, -0.2) is 60.1 Å². The van der Waals surface area contributed by atoms with Crippen LogP contribution >= 0.6 is 0 Å². The highest BCUT2D eigenvalue weighted by atomic mass is 16.3. The Morgan fingerprint density at radius 2 is 2.05 bits per heavy atom. The van der Waals surface area contributed by atoms with Crippen molar-refractivity contribution in [1.82, 2.24) is 9.80 Å². The Morgan fingerprint density at radius 1 is 1.33 bits per heavy atom. The highest BCUT2D eigenvalue weighted by Crippen LogP contribution is 2.30. The first-order valence-corrected chi connectivity index (χ1v) is 8.54. The van der Waals surface area contributed by atoms with Gasteiger partial charge in [0.15, 0.2) is 0 Å². The molecule has 0 aromatic carbocycles. The monoisotopic (exact) mass is 296 g/mol. The zero-order chi connectivity index (χ0) is 15.5. The number of aliphatic hydroxyl groups is 1. The molecule has 1 heterocycles. The summed E-state index contributed by atoms with van der Waals surface area (Å²) in [5.41, 5.74) is -0.0325. The number of hydrogen-bond donors (Lipinski definition) is 1. The predicted octanol–water partition coefficient (Wildman–Crippen LogP) is 2.12. The van der Waals surface area contributed by atoms with Gasteiger partial charge in [-0.2, -0.15) is 0 Å². The van der Waals surface area contributed by atoms with Crippen LogP contribution in [0, 0.1) is 11.3 Å². The quantitative estimate of drug-likeness (QED) is 0.864. The molecule has 1 aliphatic heterocycles. The van der Waals surface area contributed by atoms with Crippen molar-refractivity contribution in [2.75, 3.05) is 33.3 Å². The Labute approximate surface area is 129 Å². The van der Waals surface area contributed by atoms with Crippen LogP contribution in [-0.2, 0) is 4.79 Å². The molecular weight excluding hydrogens is 264 g/mol. The average molecular weight is 296 g/mol. The Hall–Kier alpha value is -0.610. The summed E-state index contributed by atoms with van der Waals surface area (Å²) in [6, 6.07) is 0.417. The zero-order valence-electron chi connectivity index (χ0n) is 14.0. The molecule has 4 nitrogen and oxygen atoms in total.